The smallest absolute Gasteiger partial charge is 0.305 e. The van der Waals surface area contributed by atoms with Crippen molar-refractivity contribution in [2.24, 2.45) is 5.73 Å². The van der Waals surface area contributed by atoms with Gasteiger partial charge in [0.1, 0.15) is 5.00 Å². The molecule has 0 spiro atoms. The summed E-state index contributed by atoms with van der Waals surface area (Å²) < 4.78 is 5.23. The van der Waals surface area contributed by atoms with Gasteiger partial charge in [-0.25, -0.2) is 0 Å². The molecule has 9 heteroatoms. The Bertz CT molecular complexity index is 1000. The molecule has 33 heavy (non-hydrogen) atoms. The quantitative estimate of drug-likeness (QED) is 0.266. The third-order valence-electron chi connectivity index (χ3n) is 5.40. The zero-order chi connectivity index (χ0) is 23.6. The van der Waals surface area contributed by atoms with E-state index in [1.807, 2.05) is 30.3 Å². The monoisotopic (exact) mass is 487 g/mol. The number of benzene rings is 1. The second-order valence-electron chi connectivity index (χ2n) is 7.94. The molecule has 2 amide bonds. The molecule has 0 saturated carbocycles. The zero-order valence-corrected chi connectivity index (χ0v) is 20.1. The lowest BCUT2D eigenvalue weighted by atomic mass is 9.95. The highest BCUT2D eigenvalue weighted by atomic mass is 32.1. The summed E-state index contributed by atoms with van der Waals surface area (Å²) in [5, 5.41) is 6.25. The van der Waals surface area contributed by atoms with Crippen molar-refractivity contribution < 1.29 is 19.1 Å². The highest BCUT2D eigenvalue weighted by Crippen LogP contribution is 2.37. The third-order valence-corrected chi connectivity index (χ3v) is 6.81. The number of primary amides is 1. The molecule has 1 aromatic carbocycles. The molecule has 1 aliphatic carbocycles. The molecule has 0 radical (unpaired) electrons. The van der Waals surface area contributed by atoms with Gasteiger partial charge in [-0.15, -0.1) is 11.3 Å². The van der Waals surface area contributed by atoms with Crippen LogP contribution in [0.25, 0.3) is 0 Å². The second-order valence-corrected chi connectivity index (χ2v) is 9.46. The first kappa shape index (κ1) is 24.9. The van der Waals surface area contributed by atoms with Crippen LogP contribution in [0.4, 0.5) is 5.00 Å². The van der Waals surface area contributed by atoms with E-state index in [0.29, 0.717) is 23.6 Å². The molecule has 7 nitrogen and oxygen atoms in total. The number of nitrogens with one attached hydrogen (secondary N) is 2. The van der Waals surface area contributed by atoms with E-state index in [0.717, 1.165) is 49.0 Å². The highest BCUT2D eigenvalue weighted by Gasteiger charge is 2.24. The van der Waals surface area contributed by atoms with E-state index in [4.69, 9.17) is 22.7 Å². The molecule has 0 unspecified atom stereocenters. The normalized spacial score (nSPS) is 12.5. The molecule has 3 rings (SSSR count). The van der Waals surface area contributed by atoms with Gasteiger partial charge >= 0.3 is 5.97 Å². The fraction of sp³-hybridized carbons (Fsp3) is 0.417. The third kappa shape index (κ3) is 7.64. The Hall–Kier alpha value is -2.78. The van der Waals surface area contributed by atoms with E-state index in [-0.39, 0.29) is 29.8 Å². The first-order valence-electron chi connectivity index (χ1n) is 11.2. The van der Waals surface area contributed by atoms with Gasteiger partial charge in [0.2, 0.25) is 5.91 Å². The van der Waals surface area contributed by atoms with Crippen LogP contribution in [0.3, 0.4) is 0 Å². The van der Waals surface area contributed by atoms with E-state index in [1.54, 1.807) is 0 Å². The van der Waals surface area contributed by atoms with E-state index >= 15 is 0 Å². The number of rotatable bonds is 10. The molecule has 176 valence electrons. The van der Waals surface area contributed by atoms with Gasteiger partial charge in [0.25, 0.3) is 5.91 Å². The van der Waals surface area contributed by atoms with E-state index in [1.165, 1.54) is 16.9 Å². The van der Waals surface area contributed by atoms with Gasteiger partial charge in [-0.05, 0) is 68.3 Å². The first-order valence-corrected chi connectivity index (χ1v) is 12.4. The molecule has 1 aliphatic rings. The average Bonchev–Trinajstić information content (AvgIpc) is 3.15. The van der Waals surface area contributed by atoms with Gasteiger partial charge in [-0.3, -0.25) is 14.4 Å². The van der Waals surface area contributed by atoms with Crippen LogP contribution >= 0.6 is 23.6 Å². The molecular formula is C24H29N3O4S2. The lowest BCUT2D eigenvalue weighted by molar-refractivity contribution is -0.143. The first-order chi connectivity index (χ1) is 15.9. The van der Waals surface area contributed by atoms with Crippen LogP contribution in [-0.2, 0) is 33.6 Å². The summed E-state index contributed by atoms with van der Waals surface area (Å²) in [5.74, 6) is -1.11. The topological polar surface area (TPSA) is 111 Å². The van der Waals surface area contributed by atoms with Crippen molar-refractivity contribution in [1.29, 1.82) is 0 Å². The van der Waals surface area contributed by atoms with Gasteiger partial charge in [0, 0.05) is 17.7 Å². The minimum Gasteiger partial charge on any atom is -0.466 e. The predicted octanol–water partition coefficient (Wildman–Crippen LogP) is 3.89. The molecule has 1 heterocycles. The number of aryl methyl sites for hydroxylation is 2. The highest BCUT2D eigenvalue weighted by molar-refractivity contribution is 7.80. The van der Waals surface area contributed by atoms with Crippen LogP contribution in [0.1, 0.15) is 64.9 Å². The standard InChI is InChI=1S/C24H29N3O4S2/c25-22(30)21-17-11-4-5-12-18(17)33-23(21)27-24(32)26-19(28)13-6-14-20(29)31-15-7-10-16-8-2-1-3-9-16/h1-3,8-9H,4-7,10-15H2,(H2,25,30)(H2,26,27,28,32). The van der Waals surface area contributed by atoms with E-state index in [9.17, 15) is 14.4 Å². The van der Waals surface area contributed by atoms with Crippen LogP contribution in [0.5, 0.6) is 0 Å². The van der Waals surface area contributed by atoms with E-state index in [2.05, 4.69) is 10.6 Å². The number of amides is 2. The molecule has 0 bridgehead atoms. The van der Waals surface area contributed by atoms with Crippen LogP contribution in [0.2, 0.25) is 0 Å². The number of carbonyl (C=O) groups excluding carboxylic acids is 3. The number of hydrogen-bond donors (Lipinski definition) is 3. The Kier molecular flexibility index (Phi) is 9.38. The van der Waals surface area contributed by atoms with Gasteiger partial charge < -0.3 is 21.1 Å². The largest absolute Gasteiger partial charge is 0.466 e. The van der Waals surface area contributed by atoms with Crippen LogP contribution in [0, 0.1) is 0 Å². The number of fused-ring (bicyclic) bond motifs is 1. The number of hydrogen-bond acceptors (Lipinski definition) is 6. The molecule has 0 atom stereocenters. The summed E-state index contributed by atoms with van der Waals surface area (Å²) in [6.45, 7) is 0.362. The second kappa shape index (κ2) is 12.5. The van der Waals surface area contributed by atoms with E-state index < -0.39 is 5.91 Å². The zero-order valence-electron chi connectivity index (χ0n) is 18.5. The molecule has 0 aliphatic heterocycles. The number of thiocarbonyl (C=S) groups is 1. The Morgan fingerprint density at radius 1 is 1.06 bits per heavy atom. The Balaban J connectivity index is 1.34. The van der Waals surface area contributed by atoms with Crippen molar-refractivity contribution in [2.75, 3.05) is 11.9 Å². The molecule has 4 N–H and O–H groups in total. The molecule has 0 saturated heterocycles. The van der Waals surface area contributed by atoms with Crippen molar-refractivity contribution in [3.63, 3.8) is 0 Å². The lowest BCUT2D eigenvalue weighted by Crippen LogP contribution is -2.34. The summed E-state index contributed by atoms with van der Waals surface area (Å²) in [7, 11) is 0. The summed E-state index contributed by atoms with van der Waals surface area (Å²) >= 11 is 6.70. The summed E-state index contributed by atoms with van der Waals surface area (Å²) in [6, 6.07) is 10.0. The predicted molar refractivity (Wildman–Crippen MR) is 133 cm³/mol. The summed E-state index contributed by atoms with van der Waals surface area (Å²) in [4.78, 5) is 37.1. The molecule has 0 fully saturated rings. The fourth-order valence-electron chi connectivity index (χ4n) is 3.81. The molecular weight excluding hydrogens is 458 g/mol. The maximum Gasteiger partial charge on any atom is 0.305 e. The number of nitrogens with two attached hydrogens (primary N) is 1. The molecule has 1 aromatic heterocycles. The van der Waals surface area contributed by atoms with Crippen molar-refractivity contribution >= 4 is 51.5 Å². The Labute approximate surface area is 203 Å². The minimum absolute atomic E-state index is 0.115. The van der Waals surface area contributed by atoms with Crippen LogP contribution in [0.15, 0.2) is 30.3 Å². The maximum absolute atomic E-state index is 12.2. The summed E-state index contributed by atoms with van der Waals surface area (Å²) in [6.07, 6.45) is 6.15. The SMILES string of the molecule is NC(=O)c1c(NC(=S)NC(=O)CCCC(=O)OCCCc2ccccc2)sc2c1CCCC2. The van der Waals surface area contributed by atoms with Crippen molar-refractivity contribution in [2.45, 2.75) is 57.8 Å². The van der Waals surface area contributed by atoms with Crippen LogP contribution < -0.4 is 16.4 Å². The number of carbonyl (C=O) groups is 3. The minimum atomic E-state index is -0.492. The Morgan fingerprint density at radius 3 is 2.58 bits per heavy atom. The van der Waals surface area contributed by atoms with Crippen molar-refractivity contribution in [3.8, 4) is 0 Å². The average molecular weight is 488 g/mol. The van der Waals surface area contributed by atoms with Crippen molar-refractivity contribution in [3.05, 3.63) is 51.9 Å². The number of thiophene rings is 1. The summed E-state index contributed by atoms with van der Waals surface area (Å²) in [5.41, 5.74) is 8.26. The fourth-order valence-corrected chi connectivity index (χ4v) is 5.39. The lowest BCUT2D eigenvalue weighted by Gasteiger charge is -2.11. The number of ether oxygens (including phenoxy) is 1. The Morgan fingerprint density at radius 2 is 1.82 bits per heavy atom. The van der Waals surface area contributed by atoms with Crippen LogP contribution in [-0.4, -0.2) is 29.5 Å². The van der Waals surface area contributed by atoms with Gasteiger partial charge in [0.15, 0.2) is 5.11 Å². The van der Waals surface area contributed by atoms with Gasteiger partial charge in [-0.2, -0.15) is 0 Å². The maximum atomic E-state index is 12.2. The van der Waals surface area contributed by atoms with Crippen molar-refractivity contribution in [1.82, 2.24) is 5.32 Å². The number of anilines is 1. The number of esters is 1. The van der Waals surface area contributed by atoms with Gasteiger partial charge in [0.05, 0.1) is 12.2 Å². The molecule has 2 aromatic rings. The van der Waals surface area contributed by atoms with Gasteiger partial charge in [-0.1, -0.05) is 30.3 Å².